The maximum atomic E-state index is 15.0. The molecule has 0 radical (unpaired) electrons. The highest BCUT2D eigenvalue weighted by molar-refractivity contribution is 7.80. The number of nitrogens with zero attached hydrogens (tertiary/aromatic N) is 5. The molecule has 1 aromatic heterocycles. The van der Waals surface area contributed by atoms with Gasteiger partial charge in [-0.25, -0.2) is 13.5 Å². The second kappa shape index (κ2) is 10.6. The van der Waals surface area contributed by atoms with E-state index in [1.165, 1.54) is 30.1 Å². The Hall–Kier alpha value is -2.94. The summed E-state index contributed by atoms with van der Waals surface area (Å²) in [5.41, 5.74) is 0.503. The Morgan fingerprint density at radius 2 is 1.92 bits per heavy atom. The van der Waals surface area contributed by atoms with E-state index in [9.17, 15) is 9.90 Å². The number of aliphatic hydroxyl groups is 1. The van der Waals surface area contributed by atoms with Gasteiger partial charge in [-0.1, -0.05) is 5.21 Å². The molecule has 11 nitrogen and oxygen atoms in total. The number of benzene rings is 1. The van der Waals surface area contributed by atoms with Crippen LogP contribution in [0.15, 0.2) is 18.3 Å². The molecule has 196 valence electrons. The number of hydrogen-bond acceptors (Lipinski definition) is 9. The number of amides is 1. The first-order valence-corrected chi connectivity index (χ1v) is 11.8. The molecule has 0 aliphatic carbocycles. The lowest BCUT2D eigenvalue weighted by molar-refractivity contribution is -0.162. The summed E-state index contributed by atoms with van der Waals surface area (Å²) in [5, 5.41) is 20.4. The molecule has 0 spiro atoms. The van der Waals surface area contributed by atoms with Crippen molar-refractivity contribution in [1.29, 1.82) is 0 Å². The Labute approximate surface area is 211 Å². The van der Waals surface area contributed by atoms with Gasteiger partial charge in [-0.2, -0.15) is 0 Å². The zero-order chi connectivity index (χ0) is 26.0. The number of ether oxygens (including phenoxy) is 3. The number of rotatable bonds is 6. The van der Waals surface area contributed by atoms with Crippen molar-refractivity contribution in [3.8, 4) is 5.69 Å². The fourth-order valence-corrected chi connectivity index (χ4v) is 4.31. The number of carbonyl (C=O) groups is 1. The average molecular weight is 527 g/mol. The predicted molar refractivity (Wildman–Crippen MR) is 127 cm³/mol. The summed E-state index contributed by atoms with van der Waals surface area (Å²) in [5.74, 6) is -2.81. The summed E-state index contributed by atoms with van der Waals surface area (Å²) < 4.78 is 47.4. The van der Waals surface area contributed by atoms with Crippen molar-refractivity contribution in [2.24, 2.45) is 0 Å². The maximum Gasteiger partial charge on any atom is 0.256 e. The van der Waals surface area contributed by atoms with E-state index in [0.717, 1.165) is 0 Å². The first-order chi connectivity index (χ1) is 17.1. The number of aliphatic hydroxyl groups excluding tert-OH is 1. The van der Waals surface area contributed by atoms with Crippen molar-refractivity contribution < 1.29 is 32.9 Å². The molecule has 36 heavy (non-hydrogen) atoms. The van der Waals surface area contributed by atoms with Crippen LogP contribution in [0.2, 0.25) is 0 Å². The van der Waals surface area contributed by atoms with Gasteiger partial charge in [0.05, 0.1) is 32.1 Å². The minimum atomic E-state index is -0.985. The van der Waals surface area contributed by atoms with E-state index in [1.54, 1.807) is 23.6 Å². The van der Waals surface area contributed by atoms with E-state index in [4.69, 9.17) is 26.4 Å². The van der Waals surface area contributed by atoms with Crippen LogP contribution in [-0.4, -0.2) is 94.0 Å². The fourth-order valence-electron chi connectivity index (χ4n) is 4.24. The van der Waals surface area contributed by atoms with Gasteiger partial charge in [-0.3, -0.25) is 4.79 Å². The molecular weight excluding hydrogens is 498 g/mol. The van der Waals surface area contributed by atoms with Gasteiger partial charge >= 0.3 is 0 Å². The molecule has 2 N–H and O–H groups in total. The smallest absolute Gasteiger partial charge is 0.256 e. The Morgan fingerprint density at radius 3 is 2.53 bits per heavy atom. The lowest BCUT2D eigenvalue weighted by Crippen LogP contribution is -2.53. The van der Waals surface area contributed by atoms with Gasteiger partial charge in [0, 0.05) is 38.3 Å². The summed E-state index contributed by atoms with van der Waals surface area (Å²) in [6, 6.07) is 2.36. The zero-order valence-electron chi connectivity index (χ0n) is 20.1. The minimum absolute atomic E-state index is 0.173. The molecule has 2 atom stereocenters. The number of nitrogens with one attached hydrogen (secondary N) is 1. The zero-order valence-corrected chi connectivity index (χ0v) is 20.9. The summed E-state index contributed by atoms with van der Waals surface area (Å²) in [7, 11) is 1.43. The highest BCUT2D eigenvalue weighted by atomic mass is 32.1. The van der Waals surface area contributed by atoms with Crippen LogP contribution in [0.25, 0.3) is 5.69 Å². The number of piperazine rings is 1. The van der Waals surface area contributed by atoms with Gasteiger partial charge in [-0.15, -0.1) is 5.10 Å². The molecule has 0 saturated carbocycles. The van der Waals surface area contributed by atoms with Gasteiger partial charge in [-0.05, 0) is 26.1 Å². The van der Waals surface area contributed by atoms with Crippen molar-refractivity contribution >= 4 is 29.0 Å². The third-order valence-electron chi connectivity index (χ3n) is 5.92. The molecule has 2 unspecified atom stereocenters. The van der Waals surface area contributed by atoms with Crippen LogP contribution in [0, 0.1) is 11.6 Å². The van der Waals surface area contributed by atoms with Crippen molar-refractivity contribution in [3.63, 3.8) is 0 Å². The maximum absolute atomic E-state index is 15.0. The standard InChI is InChI=1S/C22H28F2N6O5S/c1-22(2)34-17(12-31)19(35-22)20(32)29-6-4-28(5-7-29)18-15(23)8-14(9-16(18)24)30-11-13(26-27-30)10-25-21(36)33-3/h8-9,11,17,19,31H,4-7,10,12H2,1-3H3,(H,25,36). The molecule has 14 heteroatoms. The third kappa shape index (κ3) is 5.56. The van der Waals surface area contributed by atoms with Crippen molar-refractivity contribution in [3.05, 3.63) is 35.7 Å². The Balaban J connectivity index is 1.41. The van der Waals surface area contributed by atoms with Crippen LogP contribution in [0.3, 0.4) is 0 Å². The highest BCUT2D eigenvalue weighted by Gasteiger charge is 2.46. The first-order valence-electron chi connectivity index (χ1n) is 11.3. The molecular formula is C22H28F2N6O5S. The second-order valence-electron chi connectivity index (χ2n) is 8.85. The normalized spacial score (nSPS) is 21.5. The van der Waals surface area contributed by atoms with Gasteiger partial charge in [0.15, 0.2) is 23.5 Å². The van der Waals surface area contributed by atoms with Crippen LogP contribution in [0.5, 0.6) is 0 Å². The Bertz CT molecular complexity index is 1100. The lowest BCUT2D eigenvalue weighted by atomic mass is 10.1. The van der Waals surface area contributed by atoms with Crippen LogP contribution in [0.1, 0.15) is 19.5 Å². The predicted octanol–water partition coefficient (Wildman–Crippen LogP) is 0.727. The molecule has 2 aliphatic heterocycles. The number of carbonyl (C=O) groups excluding carboxylic acids is 1. The van der Waals surface area contributed by atoms with Crippen molar-refractivity contribution in [1.82, 2.24) is 25.2 Å². The van der Waals surface area contributed by atoms with Crippen LogP contribution in [-0.2, 0) is 25.5 Å². The third-order valence-corrected chi connectivity index (χ3v) is 6.23. The van der Waals surface area contributed by atoms with E-state index in [2.05, 4.69) is 15.6 Å². The quantitative estimate of drug-likeness (QED) is 0.522. The molecule has 0 bridgehead atoms. The first kappa shape index (κ1) is 26.1. The Morgan fingerprint density at radius 1 is 1.25 bits per heavy atom. The number of aromatic nitrogens is 3. The summed E-state index contributed by atoms with van der Waals surface area (Å²) in [4.78, 5) is 16.1. The molecule has 2 fully saturated rings. The lowest BCUT2D eigenvalue weighted by Gasteiger charge is -2.37. The second-order valence-corrected chi connectivity index (χ2v) is 9.22. The average Bonchev–Trinajstić information content (AvgIpc) is 3.45. The highest BCUT2D eigenvalue weighted by Crippen LogP contribution is 2.31. The molecule has 2 aliphatic rings. The van der Waals surface area contributed by atoms with Crippen molar-refractivity contribution in [2.45, 2.75) is 38.4 Å². The summed E-state index contributed by atoms with van der Waals surface area (Å²) >= 11 is 4.90. The van der Waals surface area contributed by atoms with Crippen LogP contribution >= 0.6 is 12.2 Å². The number of thiocarbonyl (C=S) groups is 1. The van der Waals surface area contributed by atoms with Crippen molar-refractivity contribution in [2.75, 3.05) is 44.8 Å². The van der Waals surface area contributed by atoms with Crippen LogP contribution in [0.4, 0.5) is 14.5 Å². The summed E-state index contributed by atoms with van der Waals surface area (Å²) in [6.07, 6.45) is -0.172. The number of anilines is 1. The van der Waals surface area contributed by atoms with Gasteiger partial charge in [0.25, 0.3) is 11.1 Å². The summed E-state index contributed by atoms with van der Waals surface area (Å²) in [6.45, 7) is 4.14. The van der Waals surface area contributed by atoms with Gasteiger partial charge in [0.1, 0.15) is 17.5 Å². The molecule has 1 aromatic carbocycles. The molecule has 4 rings (SSSR count). The fraction of sp³-hybridized carbons (Fsp3) is 0.545. The van der Waals surface area contributed by atoms with E-state index in [0.29, 0.717) is 5.69 Å². The van der Waals surface area contributed by atoms with E-state index in [1.807, 2.05) is 0 Å². The van der Waals surface area contributed by atoms with E-state index >= 15 is 8.78 Å². The molecule has 1 amide bonds. The SMILES string of the molecule is COC(=S)NCc1cn(-c2cc(F)c(N3CCN(C(=O)C4OC(C)(C)OC4CO)CC3)c(F)c2)nn1. The monoisotopic (exact) mass is 526 g/mol. The Kier molecular flexibility index (Phi) is 7.68. The minimum Gasteiger partial charge on any atom is -0.474 e. The number of hydrogen-bond donors (Lipinski definition) is 2. The number of halogens is 2. The van der Waals surface area contributed by atoms with E-state index < -0.39 is 29.6 Å². The van der Waals surface area contributed by atoms with Gasteiger partial charge < -0.3 is 34.4 Å². The topological polar surface area (TPSA) is 114 Å². The molecule has 2 aromatic rings. The molecule has 3 heterocycles. The number of methoxy groups -OCH3 is 1. The van der Waals surface area contributed by atoms with E-state index in [-0.39, 0.29) is 61.8 Å². The van der Waals surface area contributed by atoms with Gasteiger partial charge in [0.2, 0.25) is 0 Å². The molecule has 2 saturated heterocycles. The largest absolute Gasteiger partial charge is 0.474 e. The van der Waals surface area contributed by atoms with Crippen LogP contribution < -0.4 is 10.2 Å².